The maximum Gasteiger partial charge on any atom is 0.157 e. The molecule has 8 rings (SSSR count). The fourth-order valence-electron chi connectivity index (χ4n) is 8.45. The van der Waals surface area contributed by atoms with E-state index in [-0.39, 0.29) is 22.9 Å². The SMILES string of the molecule is C=C1CCC(Nc2ccc(N3CCN(CC(=C)N4CCN(Cc5ccc(-c6cnc7[nH]cc(C(=C)c8c(F)ccc(NSN(C)CC)c8F)c7c6)cc5)CC4)CC3)cc2)C(=C)N1. The molecule has 0 bridgehead atoms. The van der Waals surface area contributed by atoms with Gasteiger partial charge in [0.2, 0.25) is 0 Å². The van der Waals surface area contributed by atoms with Crippen LogP contribution < -0.4 is 20.3 Å². The molecule has 0 aliphatic carbocycles. The fraction of sp³-hybridized carbons (Fsp3) is 0.327. The molecule has 3 aliphatic rings. The van der Waals surface area contributed by atoms with E-state index < -0.39 is 11.6 Å². The lowest BCUT2D eigenvalue weighted by Crippen LogP contribution is -2.50. The smallest absolute Gasteiger partial charge is 0.157 e. The Morgan fingerprint density at radius 2 is 1.63 bits per heavy atom. The van der Waals surface area contributed by atoms with E-state index in [2.05, 4.69) is 120 Å². The number of fused-ring (bicyclic) bond motifs is 1. The molecular weight excluding hydrogens is 799 g/mol. The van der Waals surface area contributed by atoms with Gasteiger partial charge in [0.05, 0.1) is 17.3 Å². The van der Waals surface area contributed by atoms with Gasteiger partial charge in [0.1, 0.15) is 11.5 Å². The predicted octanol–water partition coefficient (Wildman–Crippen LogP) is 9.14. The van der Waals surface area contributed by atoms with Crippen LogP contribution in [0.2, 0.25) is 0 Å². The first-order chi connectivity index (χ1) is 30.0. The van der Waals surface area contributed by atoms with Crippen molar-refractivity contribution in [3.8, 4) is 11.1 Å². The van der Waals surface area contributed by atoms with Gasteiger partial charge in [-0.3, -0.25) is 9.80 Å². The summed E-state index contributed by atoms with van der Waals surface area (Å²) in [6.45, 7) is 29.3. The molecule has 2 aromatic heterocycles. The van der Waals surface area contributed by atoms with E-state index >= 15 is 8.78 Å². The zero-order valence-electron chi connectivity index (χ0n) is 36.0. The van der Waals surface area contributed by atoms with Gasteiger partial charge in [0.25, 0.3) is 0 Å². The van der Waals surface area contributed by atoms with Crippen molar-refractivity contribution in [1.82, 2.24) is 34.3 Å². The number of halogens is 2. The molecule has 1 atom stereocenters. The second kappa shape index (κ2) is 19.2. The Balaban J connectivity index is 0.801. The van der Waals surface area contributed by atoms with Crippen molar-refractivity contribution in [3.63, 3.8) is 0 Å². The number of nitrogens with zero attached hydrogens (tertiary/aromatic N) is 6. The Hall–Kier alpha value is -5.60. The Bertz CT molecular complexity index is 2410. The molecule has 1 unspecified atom stereocenters. The number of nitrogens with one attached hydrogen (secondary N) is 4. The maximum atomic E-state index is 15.7. The van der Waals surface area contributed by atoms with Gasteiger partial charge in [-0.2, -0.15) is 0 Å². The van der Waals surface area contributed by atoms with Crippen molar-refractivity contribution in [2.24, 2.45) is 0 Å². The van der Waals surface area contributed by atoms with E-state index in [1.54, 1.807) is 6.20 Å². The van der Waals surface area contributed by atoms with E-state index in [9.17, 15) is 0 Å². The number of rotatable bonds is 15. The van der Waals surface area contributed by atoms with Gasteiger partial charge >= 0.3 is 0 Å². The van der Waals surface area contributed by atoms with Crippen molar-refractivity contribution in [1.29, 1.82) is 0 Å². The van der Waals surface area contributed by atoms with E-state index in [1.807, 2.05) is 30.5 Å². The summed E-state index contributed by atoms with van der Waals surface area (Å²) in [6, 6.07) is 22.3. The molecular formula is C49H58F2N10S. The number of allylic oxidation sites excluding steroid dienone is 1. The maximum absolute atomic E-state index is 15.7. The number of benzene rings is 3. The molecule has 4 N–H and O–H groups in total. The van der Waals surface area contributed by atoms with Crippen molar-refractivity contribution in [2.75, 3.05) is 87.4 Å². The highest BCUT2D eigenvalue weighted by Gasteiger charge is 2.24. The Morgan fingerprint density at radius 1 is 0.903 bits per heavy atom. The fourth-order valence-corrected chi connectivity index (χ4v) is 8.99. The molecule has 0 amide bonds. The molecule has 0 saturated carbocycles. The standard InChI is InChI=1S/C49H58F2N10S/c1-7-57(6)62-56-46-19-17-44(50)47(48(46)51)35(4)43-30-53-49-42(43)28-39(29-52-49)38-11-9-37(10-12-38)32-59-20-24-60(25-21-59)34(3)31-58-22-26-61(27-23-58)41-15-13-40(14-16-41)55-45-18-8-33(2)54-36(45)5/h9-17,19,28-30,45,54-56H,2-5,7-8,18,20-27,31-32H2,1,6H3,(H,52,53). The quantitative estimate of drug-likeness (QED) is 0.0767. The monoisotopic (exact) mass is 856 g/mol. The predicted molar refractivity (Wildman–Crippen MR) is 255 cm³/mol. The van der Waals surface area contributed by atoms with Crippen LogP contribution in [-0.4, -0.2) is 108 Å². The Morgan fingerprint density at radius 3 is 2.34 bits per heavy atom. The highest BCUT2D eigenvalue weighted by molar-refractivity contribution is 7.98. The summed E-state index contributed by atoms with van der Waals surface area (Å²) < 4.78 is 35.8. The topological polar surface area (TPSA) is 81.0 Å². The minimum absolute atomic E-state index is 0.163. The van der Waals surface area contributed by atoms with E-state index in [0.29, 0.717) is 11.2 Å². The van der Waals surface area contributed by atoms with Crippen LogP contribution >= 0.6 is 12.1 Å². The second-order valence-electron chi connectivity index (χ2n) is 16.5. The summed E-state index contributed by atoms with van der Waals surface area (Å²) in [5.74, 6) is -1.35. The first-order valence-corrected chi connectivity index (χ1v) is 22.3. The van der Waals surface area contributed by atoms with Gasteiger partial charge in [-0.05, 0) is 79.1 Å². The second-order valence-corrected chi connectivity index (χ2v) is 17.6. The first kappa shape index (κ1) is 43.1. The molecule has 0 spiro atoms. The van der Waals surface area contributed by atoms with Gasteiger partial charge in [0, 0.05) is 141 Å². The summed E-state index contributed by atoms with van der Waals surface area (Å²) in [5.41, 5.74) is 10.3. The molecule has 3 aliphatic heterocycles. The third-order valence-electron chi connectivity index (χ3n) is 12.4. The lowest BCUT2D eigenvalue weighted by Gasteiger charge is -2.40. The average molecular weight is 857 g/mol. The number of pyridine rings is 1. The molecule has 13 heteroatoms. The summed E-state index contributed by atoms with van der Waals surface area (Å²) >= 11 is 1.25. The normalized spacial score (nSPS) is 17.7. The highest BCUT2D eigenvalue weighted by atomic mass is 32.2. The zero-order valence-corrected chi connectivity index (χ0v) is 36.8. The van der Waals surface area contributed by atoms with Crippen molar-refractivity contribution in [3.05, 3.63) is 151 Å². The van der Waals surface area contributed by atoms with Crippen LogP contribution in [-0.2, 0) is 6.54 Å². The molecule has 5 heterocycles. The number of H-pyrrole nitrogens is 1. The lowest BCUT2D eigenvalue weighted by atomic mass is 9.96. The van der Waals surface area contributed by atoms with Gasteiger partial charge in [0.15, 0.2) is 5.82 Å². The van der Waals surface area contributed by atoms with Gasteiger partial charge in [-0.15, -0.1) is 0 Å². The van der Waals surface area contributed by atoms with Crippen LogP contribution in [0.25, 0.3) is 27.7 Å². The van der Waals surface area contributed by atoms with E-state index in [1.165, 1.54) is 41.2 Å². The van der Waals surface area contributed by atoms with Crippen molar-refractivity contribution >= 4 is 45.8 Å². The Kier molecular flexibility index (Phi) is 13.3. The molecule has 5 aromatic rings. The summed E-state index contributed by atoms with van der Waals surface area (Å²) in [5, 5.41) is 7.65. The van der Waals surface area contributed by atoms with Gasteiger partial charge < -0.3 is 30.1 Å². The number of piperazine rings is 2. The van der Waals surface area contributed by atoms with Crippen molar-refractivity contribution < 1.29 is 8.78 Å². The first-order valence-electron chi connectivity index (χ1n) is 21.5. The Labute approximate surface area is 369 Å². The largest absolute Gasteiger partial charge is 0.377 e. The van der Waals surface area contributed by atoms with Crippen LogP contribution in [0.1, 0.15) is 36.5 Å². The zero-order chi connectivity index (χ0) is 43.3. The van der Waals surface area contributed by atoms with E-state index in [4.69, 9.17) is 0 Å². The number of piperidine rings is 1. The van der Waals surface area contributed by atoms with Crippen LogP contribution in [0.3, 0.4) is 0 Å². The van der Waals surface area contributed by atoms with Crippen LogP contribution in [0.5, 0.6) is 0 Å². The van der Waals surface area contributed by atoms with Crippen LogP contribution in [0.15, 0.2) is 123 Å². The molecule has 10 nitrogen and oxygen atoms in total. The molecule has 3 fully saturated rings. The van der Waals surface area contributed by atoms with Crippen LogP contribution in [0, 0.1) is 11.6 Å². The molecule has 3 saturated heterocycles. The number of aromatic amines is 1. The molecule has 0 radical (unpaired) electrons. The highest BCUT2D eigenvalue weighted by Crippen LogP contribution is 2.36. The van der Waals surface area contributed by atoms with E-state index in [0.717, 1.165) is 118 Å². The molecule has 3 aromatic carbocycles. The number of hydrogen-bond donors (Lipinski definition) is 4. The summed E-state index contributed by atoms with van der Waals surface area (Å²) in [6.07, 6.45) is 5.50. The third-order valence-corrected chi connectivity index (χ3v) is 13.2. The van der Waals surface area contributed by atoms with Crippen LogP contribution in [0.4, 0.5) is 25.8 Å². The number of hydrogen-bond acceptors (Lipinski definition) is 10. The number of anilines is 3. The van der Waals surface area contributed by atoms with Gasteiger partial charge in [-0.25, -0.2) is 18.1 Å². The minimum atomic E-state index is -0.683. The summed E-state index contributed by atoms with van der Waals surface area (Å²) in [4.78, 5) is 17.8. The number of aromatic nitrogens is 2. The van der Waals surface area contributed by atoms with Gasteiger partial charge in [-0.1, -0.05) is 57.5 Å². The average Bonchev–Trinajstić information content (AvgIpc) is 3.71. The lowest BCUT2D eigenvalue weighted by molar-refractivity contribution is 0.141. The molecule has 324 valence electrons. The minimum Gasteiger partial charge on any atom is -0.377 e. The summed E-state index contributed by atoms with van der Waals surface area (Å²) in [7, 11) is 1.89. The molecule has 62 heavy (non-hydrogen) atoms. The third kappa shape index (κ3) is 9.86. The van der Waals surface area contributed by atoms with Crippen molar-refractivity contribution in [2.45, 2.75) is 32.4 Å².